The molecule has 3 heteroatoms. The summed E-state index contributed by atoms with van der Waals surface area (Å²) in [5.74, 6) is 2.60. The molecule has 0 atom stereocenters. The van der Waals surface area contributed by atoms with Crippen LogP contribution in [0.3, 0.4) is 0 Å². The molecular weight excluding hydrogens is 250 g/mol. The Hall–Kier alpha value is -1.22. The molecule has 1 aromatic rings. The Balaban J connectivity index is 1.71. The van der Waals surface area contributed by atoms with Crippen LogP contribution in [0.4, 0.5) is 0 Å². The second kappa shape index (κ2) is 5.65. The Morgan fingerprint density at radius 1 is 1.25 bits per heavy atom. The van der Waals surface area contributed by atoms with Crippen molar-refractivity contribution in [2.75, 3.05) is 19.7 Å². The Labute approximate surface area is 121 Å². The van der Waals surface area contributed by atoms with Crippen LogP contribution >= 0.6 is 0 Å². The van der Waals surface area contributed by atoms with Gasteiger partial charge in [0.15, 0.2) is 0 Å². The van der Waals surface area contributed by atoms with Crippen molar-refractivity contribution in [2.24, 2.45) is 5.92 Å². The molecule has 0 aromatic heterocycles. The van der Waals surface area contributed by atoms with Crippen molar-refractivity contribution in [3.8, 4) is 11.5 Å². The Bertz CT molecular complexity index is 464. The van der Waals surface area contributed by atoms with E-state index in [9.17, 15) is 0 Å². The number of aryl methyl sites for hydroxylation is 1. The van der Waals surface area contributed by atoms with Gasteiger partial charge >= 0.3 is 0 Å². The zero-order valence-corrected chi connectivity index (χ0v) is 12.6. The van der Waals surface area contributed by atoms with E-state index in [1.165, 1.54) is 5.56 Å². The third-order valence-corrected chi connectivity index (χ3v) is 4.31. The molecule has 1 spiro atoms. The predicted molar refractivity (Wildman–Crippen MR) is 80.6 cm³/mol. The molecule has 0 bridgehead atoms. The van der Waals surface area contributed by atoms with Gasteiger partial charge in [-0.25, -0.2) is 0 Å². The molecule has 3 nitrogen and oxygen atoms in total. The highest BCUT2D eigenvalue weighted by molar-refractivity contribution is 5.42. The zero-order valence-electron chi connectivity index (χ0n) is 12.6. The average molecular weight is 275 g/mol. The van der Waals surface area contributed by atoms with Gasteiger partial charge in [0.2, 0.25) is 0 Å². The van der Waals surface area contributed by atoms with E-state index < -0.39 is 0 Å². The minimum atomic E-state index is 0.0819. The van der Waals surface area contributed by atoms with Crippen molar-refractivity contribution in [1.29, 1.82) is 0 Å². The number of fused-ring (bicyclic) bond motifs is 1. The van der Waals surface area contributed by atoms with Gasteiger partial charge in [-0.15, -0.1) is 0 Å². The number of hydrogen-bond acceptors (Lipinski definition) is 3. The molecule has 1 N–H and O–H groups in total. The Kier molecular flexibility index (Phi) is 3.88. The first-order valence-electron chi connectivity index (χ1n) is 7.82. The van der Waals surface area contributed by atoms with Crippen molar-refractivity contribution in [3.63, 3.8) is 0 Å². The Morgan fingerprint density at radius 2 is 2.05 bits per heavy atom. The quantitative estimate of drug-likeness (QED) is 0.919. The normalized spacial score (nSPS) is 20.6. The van der Waals surface area contributed by atoms with E-state index >= 15 is 0 Å². The third kappa shape index (κ3) is 2.93. The van der Waals surface area contributed by atoms with E-state index in [0.29, 0.717) is 5.92 Å². The summed E-state index contributed by atoms with van der Waals surface area (Å²) >= 11 is 0. The molecule has 110 valence electrons. The molecule has 1 fully saturated rings. The van der Waals surface area contributed by atoms with Gasteiger partial charge in [0.25, 0.3) is 0 Å². The predicted octanol–water partition coefficient (Wildman–Crippen LogP) is 3.17. The maximum absolute atomic E-state index is 6.35. The zero-order chi connectivity index (χ0) is 14.0. The fraction of sp³-hybridized carbons (Fsp3) is 0.647. The first-order chi connectivity index (χ1) is 9.67. The van der Waals surface area contributed by atoms with Crippen LogP contribution in [-0.2, 0) is 6.42 Å². The highest BCUT2D eigenvalue weighted by atomic mass is 16.5. The SMILES string of the molecule is CC(C)COc1ccc2c(c1)CCC1(CCNCC1)O2. The number of piperidine rings is 1. The van der Waals surface area contributed by atoms with E-state index in [1.807, 2.05) is 6.07 Å². The van der Waals surface area contributed by atoms with Gasteiger partial charge in [-0.1, -0.05) is 13.8 Å². The van der Waals surface area contributed by atoms with Crippen LogP contribution in [-0.4, -0.2) is 25.3 Å². The summed E-state index contributed by atoms with van der Waals surface area (Å²) in [5.41, 5.74) is 1.38. The second-order valence-electron chi connectivity index (χ2n) is 6.51. The summed E-state index contributed by atoms with van der Waals surface area (Å²) in [5, 5.41) is 3.42. The summed E-state index contributed by atoms with van der Waals surface area (Å²) in [6.45, 7) is 7.26. The first-order valence-corrected chi connectivity index (χ1v) is 7.82. The lowest BCUT2D eigenvalue weighted by atomic mass is 9.84. The molecule has 0 aliphatic carbocycles. The molecule has 2 heterocycles. The maximum Gasteiger partial charge on any atom is 0.123 e. The van der Waals surface area contributed by atoms with Crippen LogP contribution in [0.15, 0.2) is 18.2 Å². The van der Waals surface area contributed by atoms with Crippen LogP contribution in [0.1, 0.15) is 38.7 Å². The van der Waals surface area contributed by atoms with E-state index in [4.69, 9.17) is 9.47 Å². The number of hydrogen-bond donors (Lipinski definition) is 1. The molecule has 0 unspecified atom stereocenters. The minimum Gasteiger partial charge on any atom is -0.493 e. The van der Waals surface area contributed by atoms with Crippen molar-refractivity contribution in [2.45, 2.75) is 45.1 Å². The number of benzene rings is 1. The van der Waals surface area contributed by atoms with Gasteiger partial charge in [-0.05, 0) is 68.5 Å². The standard InChI is InChI=1S/C17H25NO2/c1-13(2)12-19-15-3-4-16-14(11-15)5-6-17(20-16)7-9-18-10-8-17/h3-4,11,13,18H,5-10,12H2,1-2H3. The van der Waals surface area contributed by atoms with E-state index in [0.717, 1.165) is 56.9 Å². The molecular formula is C17H25NO2. The van der Waals surface area contributed by atoms with Crippen LogP contribution in [0.25, 0.3) is 0 Å². The maximum atomic E-state index is 6.35. The molecule has 1 saturated heterocycles. The molecule has 2 aliphatic rings. The van der Waals surface area contributed by atoms with E-state index in [2.05, 4.69) is 31.3 Å². The lowest BCUT2D eigenvalue weighted by Crippen LogP contribution is -2.48. The fourth-order valence-electron chi connectivity index (χ4n) is 3.08. The van der Waals surface area contributed by atoms with Crippen molar-refractivity contribution >= 4 is 0 Å². The Morgan fingerprint density at radius 3 is 2.80 bits per heavy atom. The van der Waals surface area contributed by atoms with Gasteiger partial charge in [0, 0.05) is 0 Å². The monoisotopic (exact) mass is 275 g/mol. The molecule has 2 aliphatic heterocycles. The highest BCUT2D eigenvalue weighted by Crippen LogP contribution is 2.39. The lowest BCUT2D eigenvalue weighted by molar-refractivity contribution is 0.0169. The average Bonchev–Trinajstić information content (AvgIpc) is 2.46. The van der Waals surface area contributed by atoms with E-state index in [1.54, 1.807) is 0 Å². The molecule has 3 rings (SSSR count). The number of ether oxygens (including phenoxy) is 2. The van der Waals surface area contributed by atoms with Gasteiger partial charge in [0.1, 0.15) is 17.1 Å². The van der Waals surface area contributed by atoms with Gasteiger partial charge in [0.05, 0.1) is 6.61 Å². The topological polar surface area (TPSA) is 30.5 Å². The smallest absolute Gasteiger partial charge is 0.123 e. The van der Waals surface area contributed by atoms with Crippen LogP contribution in [0.5, 0.6) is 11.5 Å². The number of nitrogens with one attached hydrogen (secondary N) is 1. The van der Waals surface area contributed by atoms with Crippen LogP contribution in [0, 0.1) is 5.92 Å². The lowest BCUT2D eigenvalue weighted by Gasteiger charge is -2.41. The minimum absolute atomic E-state index is 0.0819. The second-order valence-corrected chi connectivity index (χ2v) is 6.51. The van der Waals surface area contributed by atoms with Crippen molar-refractivity contribution < 1.29 is 9.47 Å². The highest BCUT2D eigenvalue weighted by Gasteiger charge is 2.37. The van der Waals surface area contributed by atoms with E-state index in [-0.39, 0.29) is 5.60 Å². The van der Waals surface area contributed by atoms with Crippen molar-refractivity contribution in [1.82, 2.24) is 5.32 Å². The first kappa shape index (κ1) is 13.7. The van der Waals surface area contributed by atoms with Crippen LogP contribution in [0.2, 0.25) is 0 Å². The molecule has 0 amide bonds. The molecule has 0 radical (unpaired) electrons. The van der Waals surface area contributed by atoms with Gasteiger partial charge in [-0.2, -0.15) is 0 Å². The van der Waals surface area contributed by atoms with Crippen LogP contribution < -0.4 is 14.8 Å². The fourth-order valence-corrected chi connectivity index (χ4v) is 3.08. The summed E-state index contributed by atoms with van der Waals surface area (Å²) in [7, 11) is 0. The number of rotatable bonds is 3. The molecule has 0 saturated carbocycles. The summed E-state index contributed by atoms with van der Waals surface area (Å²) in [4.78, 5) is 0. The molecule has 20 heavy (non-hydrogen) atoms. The third-order valence-electron chi connectivity index (χ3n) is 4.31. The van der Waals surface area contributed by atoms with Gasteiger partial charge < -0.3 is 14.8 Å². The molecule has 1 aromatic carbocycles. The summed E-state index contributed by atoms with van der Waals surface area (Å²) in [6, 6.07) is 6.29. The summed E-state index contributed by atoms with van der Waals surface area (Å²) in [6.07, 6.45) is 4.49. The van der Waals surface area contributed by atoms with Crippen molar-refractivity contribution in [3.05, 3.63) is 23.8 Å². The largest absolute Gasteiger partial charge is 0.493 e. The summed E-state index contributed by atoms with van der Waals surface area (Å²) < 4.78 is 12.2. The van der Waals surface area contributed by atoms with Gasteiger partial charge in [-0.3, -0.25) is 0 Å².